The summed E-state index contributed by atoms with van der Waals surface area (Å²) in [5.74, 6) is 2.21. The first kappa shape index (κ1) is 10.3. The van der Waals surface area contributed by atoms with E-state index in [0.717, 1.165) is 31.3 Å². The van der Waals surface area contributed by atoms with Crippen LogP contribution in [0.3, 0.4) is 0 Å². The highest BCUT2D eigenvalue weighted by Gasteiger charge is 2.32. The Labute approximate surface area is 105 Å². The van der Waals surface area contributed by atoms with Crippen molar-refractivity contribution in [2.24, 2.45) is 0 Å². The lowest BCUT2D eigenvalue weighted by Crippen LogP contribution is -2.47. The highest BCUT2D eigenvalue weighted by Crippen LogP contribution is 2.38. The second-order valence-corrected chi connectivity index (χ2v) is 5.15. The summed E-state index contributed by atoms with van der Waals surface area (Å²) in [6.45, 7) is 2.77. The molecule has 0 atom stereocenters. The molecule has 1 aliphatic heterocycles. The molecule has 2 aliphatic rings. The highest BCUT2D eigenvalue weighted by atomic mass is 16.5. The molecule has 2 fully saturated rings. The predicted octanol–water partition coefficient (Wildman–Crippen LogP) is 1.20. The molecule has 0 aromatic carbocycles. The first-order chi connectivity index (χ1) is 8.88. The van der Waals surface area contributed by atoms with Gasteiger partial charge in [-0.2, -0.15) is 10.1 Å². The van der Waals surface area contributed by atoms with E-state index in [1.807, 2.05) is 23.1 Å². The molecule has 3 heterocycles. The molecule has 2 aromatic heterocycles. The molecule has 0 radical (unpaired) electrons. The summed E-state index contributed by atoms with van der Waals surface area (Å²) >= 11 is 0. The van der Waals surface area contributed by atoms with E-state index in [0.29, 0.717) is 12.0 Å². The van der Waals surface area contributed by atoms with Crippen molar-refractivity contribution in [1.82, 2.24) is 24.8 Å². The van der Waals surface area contributed by atoms with Gasteiger partial charge < -0.3 is 4.52 Å². The number of hydrogen-bond donors (Lipinski definition) is 0. The second-order valence-electron chi connectivity index (χ2n) is 5.15. The van der Waals surface area contributed by atoms with Crippen LogP contribution in [0.15, 0.2) is 23.0 Å². The van der Waals surface area contributed by atoms with Gasteiger partial charge in [-0.25, -0.2) is 0 Å². The maximum Gasteiger partial charge on any atom is 0.240 e. The Morgan fingerprint density at radius 2 is 2.22 bits per heavy atom. The quantitative estimate of drug-likeness (QED) is 0.810. The van der Waals surface area contributed by atoms with Gasteiger partial charge in [0.25, 0.3) is 0 Å². The van der Waals surface area contributed by atoms with Gasteiger partial charge in [0, 0.05) is 31.4 Å². The first-order valence-electron chi connectivity index (χ1n) is 6.42. The van der Waals surface area contributed by atoms with Gasteiger partial charge in [0.1, 0.15) is 0 Å². The van der Waals surface area contributed by atoms with Crippen molar-refractivity contribution < 1.29 is 4.52 Å². The molecule has 0 bridgehead atoms. The van der Waals surface area contributed by atoms with Crippen molar-refractivity contribution in [1.29, 1.82) is 0 Å². The van der Waals surface area contributed by atoms with Gasteiger partial charge in [-0.1, -0.05) is 5.16 Å². The minimum atomic E-state index is 0.492. The largest absolute Gasteiger partial charge is 0.338 e. The Bertz CT molecular complexity index is 524. The zero-order valence-electron chi connectivity index (χ0n) is 10.1. The highest BCUT2D eigenvalue weighted by molar-refractivity contribution is 5.03. The van der Waals surface area contributed by atoms with Crippen LogP contribution in [0.1, 0.15) is 36.5 Å². The van der Waals surface area contributed by atoms with Crippen LogP contribution < -0.4 is 0 Å². The van der Waals surface area contributed by atoms with E-state index >= 15 is 0 Å². The van der Waals surface area contributed by atoms with Crippen molar-refractivity contribution >= 4 is 0 Å². The third-order valence-corrected chi connectivity index (χ3v) is 3.62. The van der Waals surface area contributed by atoms with E-state index in [9.17, 15) is 0 Å². The van der Waals surface area contributed by atoms with Crippen LogP contribution in [0.2, 0.25) is 0 Å². The zero-order chi connectivity index (χ0) is 11.9. The summed E-state index contributed by atoms with van der Waals surface area (Å²) in [5, 5.41) is 8.28. The van der Waals surface area contributed by atoms with Crippen molar-refractivity contribution in [3.05, 3.63) is 30.2 Å². The lowest BCUT2D eigenvalue weighted by atomic mass is 10.1. The van der Waals surface area contributed by atoms with E-state index in [1.165, 1.54) is 12.8 Å². The van der Waals surface area contributed by atoms with Gasteiger partial charge >= 0.3 is 0 Å². The normalized spacial score (nSPS) is 21.1. The van der Waals surface area contributed by atoms with Crippen LogP contribution in [-0.4, -0.2) is 37.9 Å². The molecule has 18 heavy (non-hydrogen) atoms. The van der Waals surface area contributed by atoms with Crippen molar-refractivity contribution in [2.45, 2.75) is 31.3 Å². The predicted molar refractivity (Wildman–Crippen MR) is 62.8 cm³/mol. The van der Waals surface area contributed by atoms with Crippen LogP contribution >= 0.6 is 0 Å². The molecule has 1 saturated heterocycles. The first-order valence-corrected chi connectivity index (χ1v) is 6.42. The van der Waals surface area contributed by atoms with Gasteiger partial charge in [0.2, 0.25) is 5.89 Å². The van der Waals surface area contributed by atoms with Crippen LogP contribution in [-0.2, 0) is 6.54 Å². The third kappa shape index (κ3) is 1.82. The van der Waals surface area contributed by atoms with E-state index < -0.39 is 0 Å². The van der Waals surface area contributed by atoms with Gasteiger partial charge in [-0.15, -0.1) is 0 Å². The Hall–Kier alpha value is -1.69. The average Bonchev–Trinajstić information content (AvgIpc) is 2.87. The standard InChI is InChI=1S/C12H15N5O/c1-4-13-17(5-1)10-6-16(7-10)8-11-14-12(15-18-11)9-2-3-9/h1,4-5,9-10H,2-3,6-8H2. The summed E-state index contributed by atoms with van der Waals surface area (Å²) in [5.41, 5.74) is 0. The van der Waals surface area contributed by atoms with Crippen LogP contribution in [0.4, 0.5) is 0 Å². The number of nitrogens with zero attached hydrogens (tertiary/aromatic N) is 5. The summed E-state index contributed by atoms with van der Waals surface area (Å²) < 4.78 is 7.29. The minimum absolute atomic E-state index is 0.492. The smallest absolute Gasteiger partial charge is 0.240 e. The van der Waals surface area contributed by atoms with Gasteiger partial charge in [-0.05, 0) is 18.9 Å². The SMILES string of the molecule is c1cnn(C2CN(Cc3nc(C4CC4)no3)C2)c1. The number of likely N-dealkylation sites (tertiary alicyclic amines) is 1. The van der Waals surface area contributed by atoms with Crippen molar-refractivity contribution in [3.63, 3.8) is 0 Å². The summed E-state index contributed by atoms with van der Waals surface area (Å²) in [7, 11) is 0. The summed E-state index contributed by atoms with van der Waals surface area (Å²) in [6, 6.07) is 2.45. The zero-order valence-corrected chi connectivity index (χ0v) is 10.1. The molecule has 0 spiro atoms. The molecular weight excluding hydrogens is 230 g/mol. The van der Waals surface area contributed by atoms with Crippen LogP contribution in [0, 0.1) is 0 Å². The van der Waals surface area contributed by atoms with E-state index in [-0.39, 0.29) is 0 Å². The summed E-state index contributed by atoms with van der Waals surface area (Å²) in [4.78, 5) is 6.74. The maximum atomic E-state index is 5.27. The average molecular weight is 245 g/mol. The van der Waals surface area contributed by atoms with Gasteiger partial charge in [-0.3, -0.25) is 9.58 Å². The lowest BCUT2D eigenvalue weighted by molar-refractivity contribution is 0.0790. The topological polar surface area (TPSA) is 60.0 Å². The summed E-state index contributed by atoms with van der Waals surface area (Å²) in [6.07, 6.45) is 6.26. The molecule has 0 N–H and O–H groups in total. The molecule has 0 unspecified atom stereocenters. The fourth-order valence-electron chi connectivity index (χ4n) is 2.37. The van der Waals surface area contributed by atoms with Crippen LogP contribution in [0.25, 0.3) is 0 Å². The fraction of sp³-hybridized carbons (Fsp3) is 0.583. The van der Waals surface area contributed by atoms with Gasteiger partial charge in [0.15, 0.2) is 5.82 Å². The molecule has 6 nitrogen and oxygen atoms in total. The minimum Gasteiger partial charge on any atom is -0.338 e. The molecule has 0 amide bonds. The van der Waals surface area contributed by atoms with Crippen LogP contribution in [0.5, 0.6) is 0 Å². The molecule has 1 aliphatic carbocycles. The number of aromatic nitrogens is 4. The molecule has 1 saturated carbocycles. The lowest BCUT2D eigenvalue weighted by Gasteiger charge is -2.38. The molecule has 94 valence electrons. The Kier molecular flexibility index (Phi) is 2.23. The van der Waals surface area contributed by atoms with E-state index in [2.05, 4.69) is 20.1 Å². The van der Waals surface area contributed by atoms with Crippen molar-refractivity contribution in [2.75, 3.05) is 13.1 Å². The fourth-order valence-corrected chi connectivity index (χ4v) is 2.37. The number of rotatable bonds is 4. The van der Waals surface area contributed by atoms with E-state index in [4.69, 9.17) is 4.52 Å². The monoisotopic (exact) mass is 245 g/mol. The Balaban J connectivity index is 1.33. The Morgan fingerprint density at radius 1 is 1.33 bits per heavy atom. The molecule has 4 rings (SSSR count). The van der Waals surface area contributed by atoms with Crippen molar-refractivity contribution in [3.8, 4) is 0 Å². The maximum absolute atomic E-state index is 5.27. The number of hydrogen-bond acceptors (Lipinski definition) is 5. The Morgan fingerprint density at radius 3 is 2.94 bits per heavy atom. The second kappa shape index (κ2) is 3.91. The molecular formula is C12H15N5O. The molecule has 6 heteroatoms. The third-order valence-electron chi connectivity index (χ3n) is 3.62. The van der Waals surface area contributed by atoms with E-state index in [1.54, 1.807) is 0 Å². The van der Waals surface area contributed by atoms with Gasteiger partial charge in [0.05, 0.1) is 12.6 Å². The molecule has 2 aromatic rings.